The van der Waals surface area contributed by atoms with Gasteiger partial charge < -0.3 is 10.1 Å². The second kappa shape index (κ2) is 5.34. The van der Waals surface area contributed by atoms with Gasteiger partial charge in [-0.1, -0.05) is 60.7 Å². The molecule has 92 valence electrons. The van der Waals surface area contributed by atoms with Gasteiger partial charge in [-0.05, 0) is 11.1 Å². The molecule has 1 aliphatic heterocycles. The van der Waals surface area contributed by atoms with Gasteiger partial charge in [-0.15, -0.1) is 0 Å². The van der Waals surface area contributed by atoms with Crippen LogP contribution in [0.25, 0.3) is 0 Å². The maximum absolute atomic E-state index is 5.27. The monoisotopic (exact) mass is 239 g/mol. The number of hydrogen-bond acceptors (Lipinski definition) is 2. The number of hydrogen-bond donors (Lipinski definition) is 1. The predicted molar refractivity (Wildman–Crippen MR) is 72.5 cm³/mol. The van der Waals surface area contributed by atoms with Crippen molar-refractivity contribution in [2.24, 2.45) is 0 Å². The summed E-state index contributed by atoms with van der Waals surface area (Å²) in [5.74, 6) is 0. The topological polar surface area (TPSA) is 24.6 Å². The van der Waals surface area contributed by atoms with Crippen molar-refractivity contribution >= 4 is 0 Å². The Kier molecular flexibility index (Phi) is 3.40. The molecule has 1 atom stereocenters. The third-order valence-corrected chi connectivity index (χ3v) is 3.22. The van der Waals surface area contributed by atoms with E-state index in [9.17, 15) is 0 Å². The molecule has 1 heterocycles. The Morgan fingerprint density at radius 1 is 0.944 bits per heavy atom. The first-order valence-corrected chi connectivity index (χ1v) is 6.38. The van der Waals surface area contributed by atoms with Crippen LogP contribution in [0.4, 0.5) is 0 Å². The minimum atomic E-state index is 0.247. The van der Waals surface area contributed by atoms with Crippen molar-refractivity contribution in [1.82, 2.24) is 5.32 Å². The molecule has 1 N–H and O–H groups in total. The minimum Gasteiger partial charge on any atom is -0.372 e. The molecule has 3 rings (SSSR count). The zero-order chi connectivity index (χ0) is 12.2. The van der Waals surface area contributed by atoms with Gasteiger partial charge in [0.05, 0.1) is 18.8 Å². The van der Waals surface area contributed by atoms with Crippen LogP contribution in [0.2, 0.25) is 0 Å². The molecular weight excluding hydrogens is 222 g/mol. The number of nitrogens with one attached hydrogen (secondary N) is 1. The number of epoxide rings is 1. The van der Waals surface area contributed by atoms with Crippen LogP contribution in [0, 0.1) is 0 Å². The van der Waals surface area contributed by atoms with Gasteiger partial charge >= 0.3 is 0 Å². The van der Waals surface area contributed by atoms with Gasteiger partial charge in [0.25, 0.3) is 0 Å². The first-order chi connectivity index (χ1) is 8.93. The zero-order valence-electron chi connectivity index (χ0n) is 10.3. The summed E-state index contributed by atoms with van der Waals surface area (Å²) >= 11 is 0. The van der Waals surface area contributed by atoms with E-state index in [0.29, 0.717) is 6.10 Å². The lowest BCUT2D eigenvalue weighted by Crippen LogP contribution is -2.26. The largest absolute Gasteiger partial charge is 0.372 e. The van der Waals surface area contributed by atoms with Crippen molar-refractivity contribution in [2.45, 2.75) is 12.1 Å². The quantitative estimate of drug-likeness (QED) is 0.811. The summed E-state index contributed by atoms with van der Waals surface area (Å²) < 4.78 is 5.27. The van der Waals surface area contributed by atoms with Gasteiger partial charge in [-0.2, -0.15) is 0 Å². The Morgan fingerprint density at radius 2 is 1.44 bits per heavy atom. The van der Waals surface area contributed by atoms with Crippen LogP contribution in [0.1, 0.15) is 17.2 Å². The van der Waals surface area contributed by atoms with Crippen LogP contribution in [-0.2, 0) is 4.74 Å². The fourth-order valence-electron chi connectivity index (χ4n) is 2.15. The molecule has 0 unspecified atom stereocenters. The average molecular weight is 239 g/mol. The summed E-state index contributed by atoms with van der Waals surface area (Å²) in [6.45, 7) is 1.80. The van der Waals surface area contributed by atoms with Crippen LogP contribution in [-0.4, -0.2) is 19.3 Å². The molecule has 0 aromatic heterocycles. The van der Waals surface area contributed by atoms with Crippen LogP contribution in [0.3, 0.4) is 0 Å². The van der Waals surface area contributed by atoms with E-state index in [1.165, 1.54) is 11.1 Å². The fraction of sp³-hybridized carbons (Fsp3) is 0.250. The predicted octanol–water partition coefficient (Wildman–Crippen LogP) is 2.76. The third-order valence-electron chi connectivity index (χ3n) is 3.22. The Labute approximate surface area is 108 Å². The molecule has 2 heteroatoms. The van der Waals surface area contributed by atoms with Gasteiger partial charge in [0.1, 0.15) is 0 Å². The number of ether oxygens (including phenoxy) is 1. The van der Waals surface area contributed by atoms with E-state index in [4.69, 9.17) is 4.74 Å². The highest BCUT2D eigenvalue weighted by molar-refractivity contribution is 5.31. The molecule has 2 nitrogen and oxygen atoms in total. The van der Waals surface area contributed by atoms with Crippen molar-refractivity contribution in [2.75, 3.05) is 13.2 Å². The minimum absolute atomic E-state index is 0.247. The lowest BCUT2D eigenvalue weighted by Gasteiger charge is -2.19. The summed E-state index contributed by atoms with van der Waals surface area (Å²) in [6.07, 6.45) is 0.403. The normalized spacial score (nSPS) is 17.9. The van der Waals surface area contributed by atoms with E-state index in [1.54, 1.807) is 0 Å². The molecule has 1 fully saturated rings. The SMILES string of the molecule is c1ccc(C(NC[C@@H]2CO2)c2ccccc2)cc1. The lowest BCUT2D eigenvalue weighted by atomic mass is 9.99. The smallest absolute Gasteiger partial charge is 0.0934 e. The molecule has 1 saturated heterocycles. The summed E-state index contributed by atoms with van der Waals surface area (Å²) in [4.78, 5) is 0. The number of benzene rings is 2. The molecule has 2 aromatic carbocycles. The maximum Gasteiger partial charge on any atom is 0.0934 e. The van der Waals surface area contributed by atoms with Crippen LogP contribution in [0.15, 0.2) is 60.7 Å². The van der Waals surface area contributed by atoms with E-state index in [-0.39, 0.29) is 6.04 Å². The van der Waals surface area contributed by atoms with E-state index in [2.05, 4.69) is 66.0 Å². The number of rotatable bonds is 5. The van der Waals surface area contributed by atoms with Gasteiger partial charge in [-0.25, -0.2) is 0 Å². The lowest BCUT2D eigenvalue weighted by molar-refractivity contribution is 0.390. The Bertz CT molecular complexity index is 439. The maximum atomic E-state index is 5.27. The van der Waals surface area contributed by atoms with E-state index in [0.717, 1.165) is 13.2 Å². The van der Waals surface area contributed by atoms with E-state index >= 15 is 0 Å². The van der Waals surface area contributed by atoms with Crippen molar-refractivity contribution < 1.29 is 4.74 Å². The van der Waals surface area contributed by atoms with Crippen molar-refractivity contribution in [3.8, 4) is 0 Å². The van der Waals surface area contributed by atoms with Crippen LogP contribution < -0.4 is 5.32 Å². The molecule has 0 aliphatic carbocycles. The molecule has 0 amide bonds. The summed E-state index contributed by atoms with van der Waals surface area (Å²) in [5, 5.41) is 3.59. The fourth-order valence-corrected chi connectivity index (χ4v) is 2.15. The Morgan fingerprint density at radius 3 is 1.89 bits per heavy atom. The molecule has 2 aromatic rings. The van der Waals surface area contributed by atoms with Crippen molar-refractivity contribution in [3.63, 3.8) is 0 Å². The molecule has 0 radical (unpaired) electrons. The highest BCUT2D eigenvalue weighted by Crippen LogP contribution is 2.22. The first kappa shape index (κ1) is 11.5. The van der Waals surface area contributed by atoms with Crippen LogP contribution in [0.5, 0.6) is 0 Å². The van der Waals surface area contributed by atoms with E-state index in [1.807, 2.05) is 0 Å². The first-order valence-electron chi connectivity index (χ1n) is 6.38. The molecule has 0 spiro atoms. The Balaban J connectivity index is 1.83. The zero-order valence-corrected chi connectivity index (χ0v) is 10.3. The van der Waals surface area contributed by atoms with Gasteiger partial charge in [0, 0.05) is 6.54 Å². The van der Waals surface area contributed by atoms with Crippen LogP contribution >= 0.6 is 0 Å². The van der Waals surface area contributed by atoms with E-state index < -0.39 is 0 Å². The molecular formula is C16H17NO. The second-order valence-corrected chi connectivity index (χ2v) is 4.62. The Hall–Kier alpha value is -1.64. The molecule has 0 bridgehead atoms. The van der Waals surface area contributed by atoms with Gasteiger partial charge in [0.15, 0.2) is 0 Å². The van der Waals surface area contributed by atoms with Crippen molar-refractivity contribution in [1.29, 1.82) is 0 Å². The van der Waals surface area contributed by atoms with Crippen molar-refractivity contribution in [3.05, 3.63) is 71.8 Å². The summed E-state index contributed by atoms with van der Waals surface area (Å²) in [7, 11) is 0. The standard InChI is InChI=1S/C16H17NO/c1-3-7-13(8-4-1)16(17-11-15-12-18-15)14-9-5-2-6-10-14/h1-10,15-17H,11-12H2/t15-/m1/s1. The highest BCUT2D eigenvalue weighted by Gasteiger charge is 2.24. The molecule has 1 aliphatic rings. The van der Waals surface area contributed by atoms with Gasteiger partial charge in [0.2, 0.25) is 0 Å². The second-order valence-electron chi connectivity index (χ2n) is 4.62. The third kappa shape index (κ3) is 2.78. The molecule has 18 heavy (non-hydrogen) atoms. The molecule has 0 saturated carbocycles. The summed E-state index contributed by atoms with van der Waals surface area (Å²) in [6, 6.07) is 21.3. The highest BCUT2D eigenvalue weighted by atomic mass is 16.6. The van der Waals surface area contributed by atoms with Gasteiger partial charge in [-0.3, -0.25) is 0 Å². The average Bonchev–Trinajstić information content (AvgIpc) is 3.26. The summed E-state index contributed by atoms with van der Waals surface area (Å²) in [5.41, 5.74) is 2.59.